The number of thioether (sulfide) groups is 1. The summed E-state index contributed by atoms with van der Waals surface area (Å²) in [6, 6.07) is 7.26. The second-order valence-electron chi connectivity index (χ2n) is 5.99. The van der Waals surface area contributed by atoms with Crippen LogP contribution in [0.15, 0.2) is 34.2 Å². The van der Waals surface area contributed by atoms with E-state index in [0.29, 0.717) is 10.9 Å². The molecule has 0 saturated heterocycles. The molecule has 25 heavy (non-hydrogen) atoms. The van der Waals surface area contributed by atoms with Crippen LogP contribution >= 0.6 is 11.8 Å². The smallest absolute Gasteiger partial charge is 0.191 e. The molecule has 0 radical (unpaired) electrons. The summed E-state index contributed by atoms with van der Waals surface area (Å²) in [4.78, 5) is 7.40. The molecule has 0 fully saturated rings. The van der Waals surface area contributed by atoms with Crippen LogP contribution in [0.2, 0.25) is 0 Å². The van der Waals surface area contributed by atoms with Crippen LogP contribution in [0.5, 0.6) is 0 Å². The predicted octanol–water partition coefficient (Wildman–Crippen LogP) is 3.59. The number of nitrogens with one attached hydrogen (secondary N) is 2. The lowest BCUT2D eigenvalue weighted by Gasteiger charge is -2.21. The van der Waals surface area contributed by atoms with E-state index < -0.39 is 0 Å². The average Bonchev–Trinajstić information content (AvgIpc) is 2.62. The molecule has 2 N–H and O–H groups in total. The van der Waals surface area contributed by atoms with Gasteiger partial charge >= 0.3 is 0 Å². The van der Waals surface area contributed by atoms with Gasteiger partial charge in [0.25, 0.3) is 0 Å². The molecule has 0 aliphatic rings. The number of rotatable bonds is 11. The minimum atomic E-state index is -0.156. The third-order valence-corrected chi connectivity index (χ3v) is 5.15. The fourth-order valence-electron chi connectivity index (χ4n) is 2.55. The van der Waals surface area contributed by atoms with Gasteiger partial charge in [0.05, 0.1) is 0 Å². The second kappa shape index (κ2) is 13.0. The van der Waals surface area contributed by atoms with Crippen LogP contribution in [0.3, 0.4) is 0 Å². The number of halogens is 1. The number of aliphatic imine (C=N–C) groups is 1. The first-order valence-electron chi connectivity index (χ1n) is 9.17. The Morgan fingerprint density at radius 2 is 2.00 bits per heavy atom. The van der Waals surface area contributed by atoms with Gasteiger partial charge in [0.2, 0.25) is 0 Å². The zero-order valence-electron chi connectivity index (χ0n) is 16.0. The van der Waals surface area contributed by atoms with Crippen molar-refractivity contribution in [2.45, 2.75) is 44.6 Å². The topological polar surface area (TPSA) is 39.7 Å². The third kappa shape index (κ3) is 9.12. The van der Waals surface area contributed by atoms with Crippen molar-refractivity contribution in [1.29, 1.82) is 0 Å². The van der Waals surface area contributed by atoms with E-state index >= 15 is 0 Å². The van der Waals surface area contributed by atoms with Crippen LogP contribution < -0.4 is 10.6 Å². The van der Waals surface area contributed by atoms with Gasteiger partial charge in [0.1, 0.15) is 5.82 Å². The fourth-order valence-corrected chi connectivity index (χ4v) is 3.36. The Labute approximate surface area is 156 Å². The molecule has 0 amide bonds. The zero-order chi connectivity index (χ0) is 18.5. The molecule has 0 aliphatic heterocycles. The lowest BCUT2D eigenvalue weighted by Crippen LogP contribution is -2.43. The number of nitrogens with zero attached hydrogens (tertiary/aromatic N) is 2. The summed E-state index contributed by atoms with van der Waals surface area (Å²) in [7, 11) is 1.78. The van der Waals surface area contributed by atoms with Crippen molar-refractivity contribution in [2.24, 2.45) is 4.99 Å². The van der Waals surface area contributed by atoms with Crippen molar-refractivity contribution in [3.63, 3.8) is 0 Å². The Balaban J connectivity index is 2.22. The highest BCUT2D eigenvalue weighted by Gasteiger charge is 2.07. The van der Waals surface area contributed by atoms with Crippen LogP contribution in [0.4, 0.5) is 4.39 Å². The van der Waals surface area contributed by atoms with Crippen LogP contribution in [-0.4, -0.2) is 55.9 Å². The summed E-state index contributed by atoms with van der Waals surface area (Å²) in [6.45, 7) is 10.7. The molecule has 142 valence electrons. The molecule has 1 aromatic rings. The van der Waals surface area contributed by atoms with Crippen molar-refractivity contribution < 1.29 is 4.39 Å². The average molecular weight is 369 g/mol. The van der Waals surface area contributed by atoms with E-state index in [1.807, 2.05) is 12.1 Å². The molecule has 0 aliphatic carbocycles. The fraction of sp³-hybridized carbons (Fsp3) is 0.632. The van der Waals surface area contributed by atoms with Crippen LogP contribution in [0.25, 0.3) is 0 Å². The SMILES string of the molecule is CCN(CC)CCCC(C)NC(=NC)NCCSc1ccccc1F. The first kappa shape index (κ1) is 21.8. The van der Waals surface area contributed by atoms with Crippen molar-refractivity contribution in [3.8, 4) is 0 Å². The number of hydrogen-bond acceptors (Lipinski definition) is 3. The van der Waals surface area contributed by atoms with Gasteiger partial charge in [-0.2, -0.15) is 0 Å². The van der Waals surface area contributed by atoms with Crippen LogP contribution in [0.1, 0.15) is 33.6 Å². The van der Waals surface area contributed by atoms with E-state index in [9.17, 15) is 4.39 Å². The predicted molar refractivity (Wildman–Crippen MR) is 108 cm³/mol. The molecule has 0 heterocycles. The van der Waals surface area contributed by atoms with Gasteiger partial charge in [-0.15, -0.1) is 11.8 Å². The van der Waals surface area contributed by atoms with Gasteiger partial charge in [0, 0.05) is 30.3 Å². The van der Waals surface area contributed by atoms with Gasteiger partial charge in [-0.05, 0) is 51.5 Å². The van der Waals surface area contributed by atoms with Crippen LogP contribution in [-0.2, 0) is 0 Å². The minimum absolute atomic E-state index is 0.156. The van der Waals surface area contributed by atoms with Gasteiger partial charge in [-0.1, -0.05) is 26.0 Å². The Morgan fingerprint density at radius 1 is 1.28 bits per heavy atom. The van der Waals surface area contributed by atoms with Gasteiger partial charge in [-0.3, -0.25) is 4.99 Å². The molecule has 0 spiro atoms. The summed E-state index contributed by atoms with van der Waals surface area (Å²) in [5, 5.41) is 6.72. The summed E-state index contributed by atoms with van der Waals surface area (Å²) < 4.78 is 13.6. The maximum Gasteiger partial charge on any atom is 0.191 e. The highest BCUT2D eigenvalue weighted by atomic mass is 32.2. The molecule has 0 saturated carbocycles. The first-order valence-corrected chi connectivity index (χ1v) is 10.2. The van der Waals surface area contributed by atoms with Gasteiger partial charge in [0.15, 0.2) is 5.96 Å². The molecule has 6 heteroatoms. The molecule has 1 unspecified atom stereocenters. The van der Waals surface area contributed by atoms with E-state index in [4.69, 9.17) is 0 Å². The van der Waals surface area contributed by atoms with Gasteiger partial charge < -0.3 is 15.5 Å². The van der Waals surface area contributed by atoms with Crippen LogP contribution in [0, 0.1) is 5.82 Å². The van der Waals surface area contributed by atoms with E-state index in [2.05, 4.69) is 41.3 Å². The maximum absolute atomic E-state index is 13.6. The highest BCUT2D eigenvalue weighted by Crippen LogP contribution is 2.20. The third-order valence-electron chi connectivity index (χ3n) is 4.10. The standard InChI is InChI=1S/C19H33FN4S/c1-5-24(6-2)14-9-10-16(3)23-19(21-4)22-13-15-25-18-12-8-7-11-17(18)20/h7-8,11-12,16H,5-6,9-10,13-15H2,1-4H3,(H2,21,22,23). The van der Waals surface area contributed by atoms with Crippen molar-refractivity contribution in [3.05, 3.63) is 30.1 Å². The Hall–Kier alpha value is -1.27. The van der Waals surface area contributed by atoms with Crippen molar-refractivity contribution in [1.82, 2.24) is 15.5 Å². The molecular formula is C19H33FN4S. The lowest BCUT2D eigenvalue weighted by atomic mass is 10.2. The summed E-state index contributed by atoms with van der Waals surface area (Å²) >= 11 is 1.51. The van der Waals surface area contributed by atoms with E-state index in [1.165, 1.54) is 24.2 Å². The quantitative estimate of drug-likeness (QED) is 0.271. The Morgan fingerprint density at radius 3 is 2.64 bits per heavy atom. The summed E-state index contributed by atoms with van der Waals surface area (Å²) in [5.41, 5.74) is 0. The molecule has 4 nitrogen and oxygen atoms in total. The Kier molecular flexibility index (Phi) is 11.3. The van der Waals surface area contributed by atoms with E-state index in [1.54, 1.807) is 13.1 Å². The number of benzene rings is 1. The lowest BCUT2D eigenvalue weighted by molar-refractivity contribution is 0.292. The molecule has 0 bridgehead atoms. The largest absolute Gasteiger partial charge is 0.356 e. The first-order chi connectivity index (χ1) is 12.1. The van der Waals surface area contributed by atoms with E-state index in [-0.39, 0.29) is 5.82 Å². The van der Waals surface area contributed by atoms with Crippen molar-refractivity contribution >= 4 is 17.7 Å². The number of guanidine groups is 1. The summed E-state index contributed by atoms with van der Waals surface area (Å²) in [6.07, 6.45) is 2.29. The summed E-state index contributed by atoms with van der Waals surface area (Å²) in [5.74, 6) is 1.44. The molecule has 1 rings (SSSR count). The second-order valence-corrected chi connectivity index (χ2v) is 7.13. The monoisotopic (exact) mass is 368 g/mol. The van der Waals surface area contributed by atoms with Crippen molar-refractivity contribution in [2.75, 3.05) is 39.0 Å². The maximum atomic E-state index is 13.6. The van der Waals surface area contributed by atoms with E-state index in [0.717, 1.165) is 44.3 Å². The molecular weight excluding hydrogens is 335 g/mol. The Bertz CT molecular complexity index is 506. The highest BCUT2D eigenvalue weighted by molar-refractivity contribution is 7.99. The molecule has 0 aromatic heterocycles. The molecule has 1 atom stereocenters. The molecule has 1 aromatic carbocycles. The zero-order valence-corrected chi connectivity index (χ0v) is 16.8. The minimum Gasteiger partial charge on any atom is -0.356 e. The van der Waals surface area contributed by atoms with Gasteiger partial charge in [-0.25, -0.2) is 4.39 Å². The number of hydrogen-bond donors (Lipinski definition) is 2. The normalized spacial score (nSPS) is 13.1.